The van der Waals surface area contributed by atoms with E-state index < -0.39 is 6.04 Å². The Balaban J connectivity index is 1.36. The summed E-state index contributed by atoms with van der Waals surface area (Å²) < 4.78 is 2.00. The molecule has 2 aromatic carbocycles. The molecular formula is C27H27N5O2. The SMILES string of the molecule is O=C(NC(Cc1ccccc1)C(=O)N1CCCC(c2nnc3ccccn23)C1)c1ccccc1. The highest BCUT2D eigenvalue weighted by molar-refractivity contribution is 5.97. The van der Waals surface area contributed by atoms with Crippen LogP contribution in [0.2, 0.25) is 0 Å². The number of benzene rings is 2. The van der Waals surface area contributed by atoms with Crippen molar-refractivity contribution in [3.63, 3.8) is 0 Å². The molecule has 0 saturated carbocycles. The molecule has 5 rings (SSSR count). The molecule has 0 radical (unpaired) electrons. The highest BCUT2D eigenvalue weighted by atomic mass is 16.2. The van der Waals surface area contributed by atoms with Crippen LogP contribution in [0.3, 0.4) is 0 Å². The average molecular weight is 454 g/mol. The van der Waals surface area contributed by atoms with Crippen LogP contribution in [0.4, 0.5) is 0 Å². The zero-order valence-electron chi connectivity index (χ0n) is 18.9. The van der Waals surface area contributed by atoms with Gasteiger partial charge in [0.1, 0.15) is 11.9 Å². The third kappa shape index (κ3) is 4.69. The average Bonchev–Trinajstić information content (AvgIpc) is 3.33. The van der Waals surface area contributed by atoms with Crippen LogP contribution in [0.1, 0.15) is 40.5 Å². The van der Waals surface area contributed by atoms with Gasteiger partial charge in [-0.1, -0.05) is 54.6 Å². The lowest BCUT2D eigenvalue weighted by molar-refractivity contribution is -0.134. The smallest absolute Gasteiger partial charge is 0.251 e. The van der Waals surface area contributed by atoms with E-state index in [0.29, 0.717) is 25.1 Å². The van der Waals surface area contributed by atoms with Gasteiger partial charge >= 0.3 is 0 Å². The summed E-state index contributed by atoms with van der Waals surface area (Å²) in [6.07, 6.45) is 4.22. The maximum absolute atomic E-state index is 13.7. The number of aromatic nitrogens is 3. The summed E-state index contributed by atoms with van der Waals surface area (Å²) in [5.74, 6) is 0.664. The number of pyridine rings is 1. The quantitative estimate of drug-likeness (QED) is 0.485. The van der Waals surface area contributed by atoms with Crippen LogP contribution >= 0.6 is 0 Å². The van der Waals surface area contributed by atoms with Crippen molar-refractivity contribution in [2.24, 2.45) is 0 Å². The van der Waals surface area contributed by atoms with Crippen LogP contribution < -0.4 is 5.32 Å². The maximum atomic E-state index is 13.7. The standard InChI is InChI=1S/C27H27N5O2/c33-26(21-12-5-2-6-13-21)28-23(18-20-10-3-1-4-11-20)27(34)31-16-9-14-22(19-31)25-30-29-24-15-7-8-17-32(24)25/h1-8,10-13,15,17,22-23H,9,14,16,18-19H2,(H,28,33). The van der Waals surface area contributed by atoms with Gasteiger partial charge in [0, 0.05) is 37.2 Å². The first kappa shape index (κ1) is 21.8. The minimum atomic E-state index is -0.649. The second kappa shape index (κ2) is 9.87. The van der Waals surface area contributed by atoms with Crippen LogP contribution in [0.15, 0.2) is 85.1 Å². The Labute approximate surface area is 198 Å². The van der Waals surface area contributed by atoms with E-state index in [1.807, 2.05) is 82.2 Å². The van der Waals surface area contributed by atoms with Crippen molar-refractivity contribution < 1.29 is 9.59 Å². The number of carbonyl (C=O) groups excluding carboxylic acids is 2. The van der Waals surface area contributed by atoms with E-state index in [-0.39, 0.29) is 17.7 Å². The Morgan fingerprint density at radius 2 is 1.68 bits per heavy atom. The summed E-state index contributed by atoms with van der Waals surface area (Å²) in [5, 5.41) is 11.7. The van der Waals surface area contributed by atoms with Crippen LogP contribution in [0.5, 0.6) is 0 Å². The number of hydrogen-bond donors (Lipinski definition) is 1. The van der Waals surface area contributed by atoms with Gasteiger partial charge in [0.2, 0.25) is 5.91 Å². The number of hydrogen-bond acceptors (Lipinski definition) is 4. The fourth-order valence-corrected chi connectivity index (χ4v) is 4.63. The summed E-state index contributed by atoms with van der Waals surface area (Å²) in [6.45, 7) is 1.22. The van der Waals surface area contributed by atoms with Crippen LogP contribution in [-0.4, -0.2) is 50.4 Å². The van der Waals surface area contributed by atoms with Crippen LogP contribution in [0, 0.1) is 0 Å². The van der Waals surface area contributed by atoms with E-state index in [2.05, 4.69) is 15.5 Å². The first-order chi connectivity index (χ1) is 16.7. The number of amides is 2. The second-order valence-electron chi connectivity index (χ2n) is 8.69. The van der Waals surface area contributed by atoms with Gasteiger partial charge in [0.15, 0.2) is 5.65 Å². The number of nitrogens with one attached hydrogen (secondary N) is 1. The van der Waals surface area contributed by atoms with Crippen molar-refractivity contribution in [3.8, 4) is 0 Å². The van der Waals surface area contributed by atoms with Gasteiger partial charge < -0.3 is 10.2 Å². The van der Waals surface area contributed by atoms with E-state index in [1.54, 1.807) is 12.1 Å². The Kier molecular flexibility index (Phi) is 6.33. The summed E-state index contributed by atoms with van der Waals surface area (Å²) in [5.41, 5.74) is 2.35. The first-order valence-corrected chi connectivity index (χ1v) is 11.7. The van der Waals surface area contributed by atoms with Crippen molar-refractivity contribution in [3.05, 3.63) is 102 Å². The van der Waals surface area contributed by atoms with Gasteiger partial charge in [0.05, 0.1) is 0 Å². The summed E-state index contributed by atoms with van der Waals surface area (Å²) in [4.78, 5) is 28.5. The van der Waals surface area contributed by atoms with E-state index in [1.165, 1.54) is 0 Å². The summed E-state index contributed by atoms with van der Waals surface area (Å²) in [7, 11) is 0. The third-order valence-electron chi connectivity index (χ3n) is 6.36. The predicted octanol–water partition coefficient (Wildman–Crippen LogP) is 3.48. The molecule has 34 heavy (non-hydrogen) atoms. The molecule has 2 aromatic heterocycles. The minimum absolute atomic E-state index is 0.0633. The second-order valence-corrected chi connectivity index (χ2v) is 8.69. The molecule has 0 bridgehead atoms. The molecule has 172 valence electrons. The third-order valence-corrected chi connectivity index (χ3v) is 6.36. The number of carbonyl (C=O) groups is 2. The fourth-order valence-electron chi connectivity index (χ4n) is 4.63. The van der Waals surface area contributed by atoms with Crippen LogP contribution in [-0.2, 0) is 11.2 Å². The van der Waals surface area contributed by atoms with Gasteiger partial charge in [-0.2, -0.15) is 0 Å². The largest absolute Gasteiger partial charge is 0.340 e. The van der Waals surface area contributed by atoms with Crippen molar-refractivity contribution in [2.45, 2.75) is 31.2 Å². The Morgan fingerprint density at radius 1 is 0.941 bits per heavy atom. The Bertz CT molecular complexity index is 1270. The Hall–Kier alpha value is -4.00. The molecule has 1 fully saturated rings. The van der Waals surface area contributed by atoms with Gasteiger partial charge in [0.25, 0.3) is 5.91 Å². The van der Waals surface area contributed by atoms with E-state index >= 15 is 0 Å². The van der Waals surface area contributed by atoms with Gasteiger partial charge in [-0.15, -0.1) is 10.2 Å². The highest BCUT2D eigenvalue weighted by Gasteiger charge is 2.32. The number of fused-ring (bicyclic) bond motifs is 1. The maximum Gasteiger partial charge on any atom is 0.251 e. The summed E-state index contributed by atoms with van der Waals surface area (Å²) >= 11 is 0. The lowest BCUT2D eigenvalue weighted by Gasteiger charge is -2.34. The molecule has 1 aliphatic heterocycles. The molecule has 3 heterocycles. The molecule has 0 aliphatic carbocycles. The monoisotopic (exact) mass is 453 g/mol. The molecule has 0 spiro atoms. The molecule has 2 unspecified atom stereocenters. The predicted molar refractivity (Wildman–Crippen MR) is 129 cm³/mol. The number of nitrogens with zero attached hydrogens (tertiary/aromatic N) is 4. The number of rotatable bonds is 6. The van der Waals surface area contributed by atoms with Crippen LogP contribution in [0.25, 0.3) is 5.65 Å². The molecule has 2 amide bonds. The first-order valence-electron chi connectivity index (χ1n) is 11.7. The highest BCUT2D eigenvalue weighted by Crippen LogP contribution is 2.26. The number of likely N-dealkylation sites (tertiary alicyclic amines) is 1. The topological polar surface area (TPSA) is 79.6 Å². The zero-order chi connectivity index (χ0) is 23.3. The van der Waals surface area contributed by atoms with Gasteiger partial charge in [-0.3, -0.25) is 14.0 Å². The minimum Gasteiger partial charge on any atom is -0.340 e. The van der Waals surface area contributed by atoms with Crippen molar-refractivity contribution >= 4 is 17.5 Å². The van der Waals surface area contributed by atoms with Crippen molar-refractivity contribution in [1.29, 1.82) is 0 Å². The van der Waals surface area contributed by atoms with Crippen molar-refractivity contribution in [1.82, 2.24) is 24.8 Å². The Morgan fingerprint density at radius 3 is 2.47 bits per heavy atom. The van der Waals surface area contributed by atoms with E-state index in [0.717, 1.165) is 29.9 Å². The lowest BCUT2D eigenvalue weighted by Crippen LogP contribution is -2.52. The molecule has 1 N–H and O–H groups in total. The number of piperidine rings is 1. The normalized spacial score (nSPS) is 16.8. The lowest BCUT2D eigenvalue weighted by atomic mass is 9.95. The fraction of sp³-hybridized carbons (Fsp3) is 0.259. The molecule has 4 aromatic rings. The molecule has 1 aliphatic rings. The van der Waals surface area contributed by atoms with Gasteiger partial charge in [-0.05, 0) is 42.7 Å². The molecular weight excluding hydrogens is 426 g/mol. The van der Waals surface area contributed by atoms with Gasteiger partial charge in [-0.25, -0.2) is 0 Å². The van der Waals surface area contributed by atoms with Crippen molar-refractivity contribution in [2.75, 3.05) is 13.1 Å². The molecule has 2 atom stereocenters. The summed E-state index contributed by atoms with van der Waals surface area (Å²) in [6, 6.07) is 24.0. The molecule has 7 nitrogen and oxygen atoms in total. The zero-order valence-corrected chi connectivity index (χ0v) is 18.9. The molecule has 1 saturated heterocycles. The van der Waals surface area contributed by atoms with E-state index in [4.69, 9.17) is 0 Å². The van der Waals surface area contributed by atoms with E-state index in [9.17, 15) is 9.59 Å². The molecule has 7 heteroatoms.